The molecule has 1 atom stereocenters. The van der Waals surface area contributed by atoms with E-state index < -0.39 is 4.92 Å². The van der Waals surface area contributed by atoms with Gasteiger partial charge in [0.05, 0.1) is 4.92 Å². The predicted octanol–water partition coefficient (Wildman–Crippen LogP) is 2.59. The van der Waals surface area contributed by atoms with Crippen molar-refractivity contribution in [3.05, 3.63) is 16.3 Å². The number of hydrogen-bond acceptors (Lipinski definition) is 6. The summed E-state index contributed by atoms with van der Waals surface area (Å²) in [6.45, 7) is 6.32. The molecule has 1 heterocycles. The fraction of sp³-hybridized carbons (Fsp3) is 0.667. The molecule has 0 saturated heterocycles. The van der Waals surface area contributed by atoms with E-state index in [4.69, 9.17) is 5.73 Å². The summed E-state index contributed by atoms with van der Waals surface area (Å²) in [7, 11) is 0. The number of nitrogen functional groups attached to an aromatic ring is 1. The third-order valence-corrected chi connectivity index (χ3v) is 2.79. The topological polar surface area (TPSA) is 107 Å². The Hall–Kier alpha value is -1.92. The molecule has 0 aliphatic rings. The Bertz CT molecular complexity index is 436. The Morgan fingerprint density at radius 1 is 1.42 bits per heavy atom. The highest BCUT2D eigenvalue weighted by molar-refractivity contribution is 5.56. The molecule has 0 aliphatic heterocycles. The summed E-state index contributed by atoms with van der Waals surface area (Å²) >= 11 is 0. The minimum atomic E-state index is -0.511. The molecule has 0 amide bonds. The van der Waals surface area contributed by atoms with E-state index in [0.29, 0.717) is 5.92 Å². The van der Waals surface area contributed by atoms with E-state index >= 15 is 0 Å². The Balaban J connectivity index is 2.65. The van der Waals surface area contributed by atoms with E-state index in [0.717, 1.165) is 25.5 Å². The number of nitrogens with one attached hydrogen (secondary N) is 1. The van der Waals surface area contributed by atoms with Crippen LogP contribution in [0.3, 0.4) is 0 Å². The summed E-state index contributed by atoms with van der Waals surface area (Å²) in [5, 5.41) is 13.9. The molecule has 0 aromatic carbocycles. The predicted molar refractivity (Wildman–Crippen MR) is 74.9 cm³/mol. The van der Waals surface area contributed by atoms with Gasteiger partial charge in [-0.2, -0.15) is 4.98 Å². The van der Waals surface area contributed by atoms with Crippen LogP contribution < -0.4 is 11.1 Å². The molecule has 1 aromatic rings. The molecule has 19 heavy (non-hydrogen) atoms. The molecular formula is C12H21N5O2. The lowest BCUT2D eigenvalue weighted by Gasteiger charge is -2.15. The van der Waals surface area contributed by atoms with Crippen molar-refractivity contribution >= 4 is 17.5 Å². The lowest BCUT2D eigenvalue weighted by Crippen LogP contribution is -2.18. The minimum Gasteiger partial charge on any atom is -0.368 e. The highest BCUT2D eigenvalue weighted by Gasteiger charge is 2.18. The van der Waals surface area contributed by atoms with Gasteiger partial charge < -0.3 is 11.1 Å². The molecule has 0 saturated carbocycles. The van der Waals surface area contributed by atoms with Crippen LogP contribution >= 0.6 is 0 Å². The van der Waals surface area contributed by atoms with Crippen molar-refractivity contribution in [2.24, 2.45) is 5.92 Å². The number of anilines is 2. The summed E-state index contributed by atoms with van der Waals surface area (Å²) in [6.07, 6.45) is 4.27. The van der Waals surface area contributed by atoms with E-state index in [9.17, 15) is 10.1 Å². The first-order chi connectivity index (χ1) is 8.90. The van der Waals surface area contributed by atoms with Crippen LogP contribution in [-0.2, 0) is 0 Å². The van der Waals surface area contributed by atoms with Gasteiger partial charge in [-0.3, -0.25) is 10.1 Å². The van der Waals surface area contributed by atoms with Gasteiger partial charge in [-0.05, 0) is 19.3 Å². The van der Waals surface area contributed by atoms with Crippen LogP contribution in [0.2, 0.25) is 0 Å². The molecule has 0 aliphatic carbocycles. The molecule has 1 rings (SSSR count). The first-order valence-corrected chi connectivity index (χ1v) is 6.43. The third kappa shape index (κ3) is 5.07. The van der Waals surface area contributed by atoms with Crippen LogP contribution in [-0.4, -0.2) is 20.9 Å². The zero-order chi connectivity index (χ0) is 14.4. The van der Waals surface area contributed by atoms with Gasteiger partial charge in [-0.25, -0.2) is 4.98 Å². The van der Waals surface area contributed by atoms with Gasteiger partial charge in [0.2, 0.25) is 11.8 Å². The first kappa shape index (κ1) is 15.1. The quantitative estimate of drug-likeness (QED) is 0.580. The van der Waals surface area contributed by atoms with Gasteiger partial charge in [0.25, 0.3) is 0 Å². The highest BCUT2D eigenvalue weighted by Crippen LogP contribution is 2.22. The van der Waals surface area contributed by atoms with Gasteiger partial charge in [-0.15, -0.1) is 0 Å². The Labute approximate surface area is 112 Å². The average Bonchev–Trinajstić information content (AvgIpc) is 2.27. The lowest BCUT2D eigenvalue weighted by atomic mass is 10.0. The molecule has 0 radical (unpaired) electrons. The zero-order valence-electron chi connectivity index (χ0n) is 11.6. The first-order valence-electron chi connectivity index (χ1n) is 6.43. The summed E-state index contributed by atoms with van der Waals surface area (Å²) in [5.74, 6) is 0.883. The number of nitrogens with zero attached hydrogens (tertiary/aromatic N) is 3. The van der Waals surface area contributed by atoms with Gasteiger partial charge in [0.15, 0.2) is 0 Å². The van der Waals surface area contributed by atoms with Crippen LogP contribution in [0.25, 0.3) is 0 Å². The number of aromatic nitrogens is 2. The van der Waals surface area contributed by atoms with Crippen molar-refractivity contribution in [3.63, 3.8) is 0 Å². The molecule has 0 fully saturated rings. The van der Waals surface area contributed by atoms with Crippen molar-refractivity contribution in [1.29, 1.82) is 0 Å². The van der Waals surface area contributed by atoms with Crippen molar-refractivity contribution in [2.45, 2.75) is 46.1 Å². The second-order valence-electron chi connectivity index (χ2n) is 5.09. The van der Waals surface area contributed by atoms with Gasteiger partial charge >= 0.3 is 5.69 Å². The molecule has 1 unspecified atom stereocenters. The lowest BCUT2D eigenvalue weighted by molar-refractivity contribution is -0.384. The van der Waals surface area contributed by atoms with E-state index in [2.05, 4.69) is 29.1 Å². The zero-order valence-corrected chi connectivity index (χ0v) is 11.6. The number of nitro groups is 1. The van der Waals surface area contributed by atoms with Gasteiger partial charge in [-0.1, -0.05) is 26.7 Å². The Kier molecular flexibility index (Phi) is 5.47. The third-order valence-electron chi connectivity index (χ3n) is 2.79. The number of rotatable bonds is 7. The van der Waals surface area contributed by atoms with Crippen molar-refractivity contribution in [2.75, 3.05) is 11.1 Å². The summed E-state index contributed by atoms with van der Waals surface area (Å²) in [4.78, 5) is 17.9. The number of hydrogen-bond donors (Lipinski definition) is 2. The van der Waals surface area contributed by atoms with Gasteiger partial charge in [0, 0.05) is 6.04 Å². The maximum absolute atomic E-state index is 10.9. The summed E-state index contributed by atoms with van der Waals surface area (Å²) in [6, 6.07) is 0.103. The number of nitrogens with two attached hydrogens (primary N) is 1. The molecule has 7 nitrogen and oxygen atoms in total. The largest absolute Gasteiger partial charge is 0.368 e. The molecular weight excluding hydrogens is 246 g/mol. The molecule has 0 spiro atoms. The molecule has 1 aromatic heterocycles. The smallest absolute Gasteiger partial charge is 0.329 e. The van der Waals surface area contributed by atoms with Crippen LogP contribution in [0.4, 0.5) is 17.5 Å². The fourth-order valence-corrected chi connectivity index (χ4v) is 1.77. The molecule has 3 N–H and O–H groups in total. The SMILES string of the molecule is CC(C)CCCC(C)Nc1nc(N)ncc1[N+](=O)[O-]. The second-order valence-corrected chi connectivity index (χ2v) is 5.09. The molecule has 0 bridgehead atoms. The van der Waals surface area contributed by atoms with E-state index in [1.54, 1.807) is 0 Å². The van der Waals surface area contributed by atoms with Crippen LogP contribution in [0.15, 0.2) is 6.20 Å². The maximum Gasteiger partial charge on any atom is 0.329 e. The summed E-state index contributed by atoms with van der Waals surface area (Å²) in [5.41, 5.74) is 5.31. The standard InChI is InChI=1S/C12H21N5O2/c1-8(2)5-4-6-9(3)15-11-10(17(18)19)7-14-12(13)16-11/h7-9H,4-6H2,1-3H3,(H3,13,14,15,16). The highest BCUT2D eigenvalue weighted by atomic mass is 16.6. The van der Waals surface area contributed by atoms with Crippen LogP contribution in [0.5, 0.6) is 0 Å². The normalized spacial score (nSPS) is 12.4. The Morgan fingerprint density at radius 3 is 2.68 bits per heavy atom. The average molecular weight is 267 g/mol. The second kappa shape index (κ2) is 6.86. The fourth-order valence-electron chi connectivity index (χ4n) is 1.77. The van der Waals surface area contributed by atoms with Crippen molar-refractivity contribution in [1.82, 2.24) is 9.97 Å². The summed E-state index contributed by atoms with van der Waals surface area (Å²) < 4.78 is 0. The van der Waals surface area contributed by atoms with E-state index in [1.165, 1.54) is 0 Å². The monoisotopic (exact) mass is 267 g/mol. The van der Waals surface area contributed by atoms with Gasteiger partial charge in [0.1, 0.15) is 6.20 Å². The van der Waals surface area contributed by atoms with Crippen LogP contribution in [0.1, 0.15) is 40.0 Å². The van der Waals surface area contributed by atoms with E-state index in [1.807, 2.05) is 6.92 Å². The molecule has 106 valence electrons. The van der Waals surface area contributed by atoms with Crippen LogP contribution in [0, 0.1) is 16.0 Å². The Morgan fingerprint density at radius 2 is 2.11 bits per heavy atom. The maximum atomic E-state index is 10.9. The van der Waals surface area contributed by atoms with Crippen molar-refractivity contribution < 1.29 is 4.92 Å². The van der Waals surface area contributed by atoms with E-state index in [-0.39, 0.29) is 23.5 Å². The van der Waals surface area contributed by atoms with Crippen molar-refractivity contribution in [3.8, 4) is 0 Å². The molecule has 7 heteroatoms. The minimum absolute atomic E-state index is 0.0301.